The third-order valence-electron chi connectivity index (χ3n) is 2.73. The predicted molar refractivity (Wildman–Crippen MR) is 53.8 cm³/mol. The van der Waals surface area contributed by atoms with Crippen LogP contribution in [0.15, 0.2) is 18.2 Å². The summed E-state index contributed by atoms with van der Waals surface area (Å²) in [5, 5.41) is 0. The number of Topliss-reactive ketones (excluding diaryl/α,β-unsaturated/α-hetero) is 1. The highest BCUT2D eigenvalue weighted by molar-refractivity contribution is 6.00. The van der Waals surface area contributed by atoms with Crippen LogP contribution < -0.4 is 4.90 Å². The molecule has 0 amide bonds. The summed E-state index contributed by atoms with van der Waals surface area (Å²) in [7, 11) is 1.87. The van der Waals surface area contributed by atoms with Crippen molar-refractivity contribution in [1.29, 1.82) is 0 Å². The predicted octanol–water partition coefficient (Wildman–Crippen LogP) is 2.42. The van der Waals surface area contributed by atoms with E-state index in [9.17, 15) is 18.0 Å². The molecule has 0 unspecified atom stereocenters. The Morgan fingerprint density at radius 3 is 2.69 bits per heavy atom. The zero-order valence-electron chi connectivity index (χ0n) is 8.64. The third kappa shape index (κ3) is 1.77. The number of halogens is 3. The number of carbonyl (C=O) groups excluding carboxylic acids is 1. The zero-order valence-corrected chi connectivity index (χ0v) is 8.64. The van der Waals surface area contributed by atoms with E-state index in [4.69, 9.17) is 0 Å². The molecule has 5 heteroatoms. The first kappa shape index (κ1) is 11.0. The summed E-state index contributed by atoms with van der Waals surface area (Å²) in [6.45, 7) is 0.777. The lowest BCUT2D eigenvalue weighted by molar-refractivity contribution is -0.0885. The summed E-state index contributed by atoms with van der Waals surface area (Å²) in [6, 6.07) is 4.15. The van der Waals surface area contributed by atoms with Crippen LogP contribution >= 0.6 is 0 Å². The smallest absolute Gasteiger partial charge is 0.374 e. The first-order valence-corrected chi connectivity index (χ1v) is 4.85. The first-order chi connectivity index (χ1) is 7.39. The summed E-state index contributed by atoms with van der Waals surface area (Å²) < 4.78 is 36.6. The number of nitrogens with zero attached hydrogens (tertiary/aromatic N) is 1. The van der Waals surface area contributed by atoms with Gasteiger partial charge in [0.1, 0.15) is 0 Å². The Bertz CT molecular complexity index is 439. The third-order valence-corrected chi connectivity index (χ3v) is 2.73. The van der Waals surface area contributed by atoms with Crippen molar-refractivity contribution in [2.45, 2.75) is 12.6 Å². The van der Waals surface area contributed by atoms with Gasteiger partial charge in [0.25, 0.3) is 5.78 Å². The fourth-order valence-electron chi connectivity index (χ4n) is 1.87. The average molecular weight is 229 g/mol. The molecule has 1 aromatic rings. The second-order valence-corrected chi connectivity index (χ2v) is 3.84. The van der Waals surface area contributed by atoms with Crippen LogP contribution in [0.1, 0.15) is 15.9 Å². The Kier molecular flexibility index (Phi) is 2.40. The lowest BCUT2D eigenvalue weighted by Gasteiger charge is -2.12. The van der Waals surface area contributed by atoms with Gasteiger partial charge in [-0.15, -0.1) is 0 Å². The summed E-state index contributed by atoms with van der Waals surface area (Å²) in [5.74, 6) is -1.77. The van der Waals surface area contributed by atoms with Crippen molar-refractivity contribution in [2.75, 3.05) is 18.5 Å². The maximum absolute atomic E-state index is 12.2. The van der Waals surface area contributed by atoms with Crippen molar-refractivity contribution in [1.82, 2.24) is 0 Å². The van der Waals surface area contributed by atoms with Crippen molar-refractivity contribution in [2.24, 2.45) is 0 Å². The number of ketones is 1. The maximum Gasteiger partial charge on any atom is 0.454 e. The number of alkyl halides is 3. The average Bonchev–Trinajstić information content (AvgIpc) is 2.57. The summed E-state index contributed by atoms with van der Waals surface area (Å²) >= 11 is 0. The van der Waals surface area contributed by atoms with Crippen molar-refractivity contribution in [3.8, 4) is 0 Å². The van der Waals surface area contributed by atoms with E-state index in [-0.39, 0.29) is 5.56 Å². The van der Waals surface area contributed by atoms with E-state index in [0.717, 1.165) is 17.8 Å². The molecule has 2 nitrogen and oxygen atoms in total. The highest BCUT2D eigenvalue weighted by Gasteiger charge is 2.39. The molecule has 0 aliphatic carbocycles. The Labute approximate surface area is 90.7 Å². The van der Waals surface area contributed by atoms with Gasteiger partial charge in [-0.2, -0.15) is 13.2 Å². The molecule has 1 aromatic carbocycles. The van der Waals surface area contributed by atoms with Crippen LogP contribution in [-0.4, -0.2) is 25.6 Å². The minimum Gasteiger partial charge on any atom is -0.374 e. The molecule has 0 radical (unpaired) electrons. The highest BCUT2D eigenvalue weighted by Crippen LogP contribution is 2.29. The fraction of sp³-hybridized carbons (Fsp3) is 0.364. The maximum atomic E-state index is 12.2. The van der Waals surface area contributed by atoms with Crippen molar-refractivity contribution >= 4 is 11.5 Å². The lowest BCUT2D eigenvalue weighted by atomic mass is 10.1. The topological polar surface area (TPSA) is 20.3 Å². The summed E-state index contributed by atoms with van der Waals surface area (Å²) in [4.78, 5) is 13.0. The molecule has 1 aliphatic rings. The van der Waals surface area contributed by atoms with Crippen LogP contribution in [0.3, 0.4) is 0 Å². The number of likely N-dealkylation sites (N-methyl/N-ethyl adjacent to an activating group) is 1. The molecule has 1 heterocycles. The van der Waals surface area contributed by atoms with Crippen molar-refractivity contribution in [3.63, 3.8) is 0 Å². The van der Waals surface area contributed by atoms with E-state index in [0.29, 0.717) is 6.42 Å². The Morgan fingerprint density at radius 2 is 2.06 bits per heavy atom. The molecule has 0 saturated heterocycles. The van der Waals surface area contributed by atoms with Gasteiger partial charge in [0.15, 0.2) is 0 Å². The van der Waals surface area contributed by atoms with E-state index in [1.165, 1.54) is 12.1 Å². The van der Waals surface area contributed by atoms with E-state index in [1.54, 1.807) is 6.07 Å². The van der Waals surface area contributed by atoms with Gasteiger partial charge in [-0.05, 0) is 30.2 Å². The van der Waals surface area contributed by atoms with Gasteiger partial charge in [-0.25, -0.2) is 0 Å². The molecular weight excluding hydrogens is 219 g/mol. The standard InChI is InChI=1S/C11H10F3NO/c1-15-5-4-7-6-8(2-3-9(7)15)10(16)11(12,13)14/h2-3,6H,4-5H2,1H3. The summed E-state index contributed by atoms with van der Waals surface area (Å²) in [6.07, 6.45) is -4.11. The number of anilines is 1. The van der Waals surface area contributed by atoms with Crippen LogP contribution in [-0.2, 0) is 6.42 Å². The second-order valence-electron chi connectivity index (χ2n) is 3.84. The van der Waals surface area contributed by atoms with Crippen molar-refractivity contribution < 1.29 is 18.0 Å². The SMILES string of the molecule is CN1CCc2cc(C(=O)C(F)(F)F)ccc21. The van der Waals surface area contributed by atoms with Crippen LogP contribution in [0.5, 0.6) is 0 Å². The normalized spacial score (nSPS) is 15.1. The molecule has 2 rings (SSSR count). The van der Waals surface area contributed by atoms with Gasteiger partial charge in [0.2, 0.25) is 0 Å². The van der Waals surface area contributed by atoms with E-state index < -0.39 is 12.0 Å². The van der Waals surface area contributed by atoms with Gasteiger partial charge >= 0.3 is 6.18 Å². The van der Waals surface area contributed by atoms with Crippen molar-refractivity contribution in [3.05, 3.63) is 29.3 Å². The minimum atomic E-state index is -4.79. The molecule has 0 aromatic heterocycles. The number of hydrogen-bond donors (Lipinski definition) is 0. The monoisotopic (exact) mass is 229 g/mol. The Balaban J connectivity index is 2.36. The van der Waals surface area contributed by atoms with Crippen LogP contribution in [0.4, 0.5) is 18.9 Å². The molecule has 16 heavy (non-hydrogen) atoms. The van der Waals surface area contributed by atoms with Gasteiger partial charge in [0.05, 0.1) is 0 Å². The number of rotatable bonds is 1. The molecule has 0 saturated carbocycles. The zero-order chi connectivity index (χ0) is 11.9. The van der Waals surface area contributed by atoms with Gasteiger partial charge in [0, 0.05) is 24.8 Å². The van der Waals surface area contributed by atoms with E-state index in [1.807, 2.05) is 11.9 Å². The Morgan fingerprint density at radius 1 is 1.38 bits per heavy atom. The number of fused-ring (bicyclic) bond motifs is 1. The molecule has 0 atom stereocenters. The molecular formula is C11H10F3NO. The molecule has 86 valence electrons. The molecule has 0 fully saturated rings. The van der Waals surface area contributed by atoms with Gasteiger partial charge < -0.3 is 4.90 Å². The molecule has 0 N–H and O–H groups in total. The molecule has 1 aliphatic heterocycles. The fourth-order valence-corrected chi connectivity index (χ4v) is 1.87. The molecule has 0 spiro atoms. The van der Waals surface area contributed by atoms with Gasteiger partial charge in [-0.1, -0.05) is 0 Å². The van der Waals surface area contributed by atoms with E-state index >= 15 is 0 Å². The van der Waals surface area contributed by atoms with Crippen LogP contribution in [0.25, 0.3) is 0 Å². The largest absolute Gasteiger partial charge is 0.454 e. The highest BCUT2D eigenvalue weighted by atomic mass is 19.4. The second kappa shape index (κ2) is 3.50. The van der Waals surface area contributed by atoms with E-state index in [2.05, 4.69) is 0 Å². The summed E-state index contributed by atoms with van der Waals surface area (Å²) in [5.41, 5.74) is 1.43. The number of carbonyl (C=O) groups is 1. The quantitative estimate of drug-likeness (QED) is 0.689. The first-order valence-electron chi connectivity index (χ1n) is 4.85. The molecule has 0 bridgehead atoms. The number of hydrogen-bond acceptors (Lipinski definition) is 2. The van der Waals surface area contributed by atoms with Crippen LogP contribution in [0.2, 0.25) is 0 Å². The minimum absolute atomic E-state index is 0.276. The number of benzene rings is 1. The Hall–Kier alpha value is -1.52. The van der Waals surface area contributed by atoms with Gasteiger partial charge in [-0.3, -0.25) is 4.79 Å². The van der Waals surface area contributed by atoms with Crippen LogP contribution in [0, 0.1) is 0 Å². The lowest BCUT2D eigenvalue weighted by Crippen LogP contribution is -2.22.